The second-order valence-electron chi connectivity index (χ2n) is 3.76. The molecular weight excluding hydrogens is 389 g/mol. The molecule has 0 radical (unpaired) electrons. The van der Waals surface area contributed by atoms with Crippen LogP contribution in [0, 0.1) is 3.57 Å². The van der Waals surface area contributed by atoms with Crippen LogP contribution in [0.25, 0.3) is 0 Å². The van der Waals surface area contributed by atoms with Gasteiger partial charge in [-0.15, -0.1) is 11.8 Å². The average molecular weight is 398 g/mol. The van der Waals surface area contributed by atoms with Gasteiger partial charge >= 0.3 is 5.97 Å². The van der Waals surface area contributed by atoms with Crippen molar-refractivity contribution in [2.75, 3.05) is 11.6 Å². The van der Waals surface area contributed by atoms with Crippen LogP contribution in [0.2, 0.25) is 5.02 Å². The summed E-state index contributed by atoms with van der Waals surface area (Å²) in [5, 5.41) is 9.54. The van der Waals surface area contributed by atoms with Crippen molar-refractivity contribution in [3.63, 3.8) is 0 Å². The van der Waals surface area contributed by atoms with Crippen LogP contribution in [0.4, 0.5) is 0 Å². The first-order valence-electron chi connectivity index (χ1n) is 5.07. The van der Waals surface area contributed by atoms with Gasteiger partial charge in [0.25, 0.3) is 5.91 Å². The fraction of sp³-hybridized carbons (Fsp3) is 0.273. The van der Waals surface area contributed by atoms with Crippen LogP contribution in [0.3, 0.4) is 0 Å². The van der Waals surface area contributed by atoms with E-state index in [2.05, 4.69) is 22.6 Å². The molecule has 1 fully saturated rings. The molecule has 0 saturated carbocycles. The van der Waals surface area contributed by atoms with Crippen LogP contribution in [0.1, 0.15) is 10.4 Å². The number of hydrogen-bond donors (Lipinski definition) is 1. The normalized spacial score (nSPS) is 19.0. The van der Waals surface area contributed by atoms with E-state index in [0.717, 1.165) is 3.57 Å². The van der Waals surface area contributed by atoms with E-state index in [1.54, 1.807) is 18.2 Å². The second kappa shape index (κ2) is 5.66. The molecule has 96 valence electrons. The molecule has 1 aromatic rings. The molecule has 1 amide bonds. The standard InChI is InChI=1S/C11H9ClINO3S/c12-7-3-6(1-2-8(7)13)10(15)14-5-18-4-9(14)11(16)17/h1-3,9H,4-5H2,(H,16,17)/t9-/m0/s1. The molecule has 0 bridgehead atoms. The molecular formula is C11H9ClINO3S. The molecule has 0 aliphatic carbocycles. The third kappa shape index (κ3) is 2.75. The Bertz CT molecular complexity index is 511. The molecule has 1 N–H and O–H groups in total. The zero-order valence-corrected chi connectivity index (χ0v) is 12.8. The van der Waals surface area contributed by atoms with Gasteiger partial charge in [0.2, 0.25) is 0 Å². The maximum atomic E-state index is 12.2. The minimum Gasteiger partial charge on any atom is -0.480 e. The van der Waals surface area contributed by atoms with Crippen molar-refractivity contribution in [3.05, 3.63) is 32.4 Å². The highest BCUT2D eigenvalue weighted by molar-refractivity contribution is 14.1. The monoisotopic (exact) mass is 397 g/mol. The lowest BCUT2D eigenvalue weighted by Gasteiger charge is -2.20. The van der Waals surface area contributed by atoms with Gasteiger partial charge in [0.1, 0.15) is 6.04 Å². The van der Waals surface area contributed by atoms with Gasteiger partial charge in [0.15, 0.2) is 0 Å². The van der Waals surface area contributed by atoms with Gasteiger partial charge in [-0.1, -0.05) is 11.6 Å². The van der Waals surface area contributed by atoms with E-state index in [0.29, 0.717) is 22.2 Å². The number of carbonyl (C=O) groups is 2. The highest BCUT2D eigenvalue weighted by atomic mass is 127. The smallest absolute Gasteiger partial charge is 0.327 e. The van der Waals surface area contributed by atoms with Crippen molar-refractivity contribution in [1.29, 1.82) is 0 Å². The summed E-state index contributed by atoms with van der Waals surface area (Å²) in [4.78, 5) is 24.6. The number of thioether (sulfide) groups is 1. The van der Waals surface area contributed by atoms with Crippen LogP contribution in [0.15, 0.2) is 18.2 Å². The molecule has 1 aliphatic heterocycles. The molecule has 1 aliphatic rings. The lowest BCUT2D eigenvalue weighted by molar-refractivity contribution is -0.140. The Morgan fingerprint density at radius 3 is 2.83 bits per heavy atom. The SMILES string of the molecule is O=C(O)[C@@H]1CSCN1C(=O)c1ccc(I)c(Cl)c1. The zero-order chi connectivity index (χ0) is 13.3. The van der Waals surface area contributed by atoms with Crippen molar-refractivity contribution >= 4 is 57.8 Å². The van der Waals surface area contributed by atoms with Crippen molar-refractivity contribution in [1.82, 2.24) is 4.90 Å². The first-order chi connectivity index (χ1) is 8.50. The number of carbonyl (C=O) groups excluding carboxylic acids is 1. The predicted octanol–water partition coefficient (Wildman–Crippen LogP) is 2.54. The van der Waals surface area contributed by atoms with E-state index in [-0.39, 0.29) is 5.91 Å². The summed E-state index contributed by atoms with van der Waals surface area (Å²) in [6.45, 7) is 0. The fourth-order valence-electron chi connectivity index (χ4n) is 1.64. The van der Waals surface area contributed by atoms with E-state index < -0.39 is 12.0 Å². The highest BCUT2D eigenvalue weighted by Crippen LogP contribution is 2.25. The number of rotatable bonds is 2. The number of nitrogens with zero attached hydrogens (tertiary/aromatic N) is 1. The predicted molar refractivity (Wildman–Crippen MR) is 79.1 cm³/mol. The first kappa shape index (κ1) is 14.0. The third-order valence-electron chi connectivity index (χ3n) is 2.59. The number of benzene rings is 1. The van der Waals surface area contributed by atoms with E-state index in [9.17, 15) is 9.59 Å². The van der Waals surface area contributed by atoms with Gasteiger partial charge in [-0.2, -0.15) is 0 Å². The van der Waals surface area contributed by atoms with E-state index in [4.69, 9.17) is 16.7 Å². The largest absolute Gasteiger partial charge is 0.480 e. The molecule has 1 aromatic carbocycles. The molecule has 4 nitrogen and oxygen atoms in total. The molecule has 1 heterocycles. The quantitative estimate of drug-likeness (QED) is 0.779. The highest BCUT2D eigenvalue weighted by Gasteiger charge is 2.35. The van der Waals surface area contributed by atoms with Gasteiger partial charge in [0, 0.05) is 14.9 Å². The van der Waals surface area contributed by atoms with Crippen molar-refractivity contribution in [2.24, 2.45) is 0 Å². The summed E-state index contributed by atoms with van der Waals surface area (Å²) < 4.78 is 0.858. The number of hydrogen-bond acceptors (Lipinski definition) is 3. The number of carboxylic acid groups (broad SMARTS) is 1. The molecule has 0 unspecified atom stereocenters. The minimum absolute atomic E-state index is 0.286. The first-order valence-corrected chi connectivity index (χ1v) is 7.68. The molecule has 0 aromatic heterocycles. The average Bonchev–Trinajstić information content (AvgIpc) is 2.81. The van der Waals surface area contributed by atoms with E-state index >= 15 is 0 Å². The number of amides is 1. The Morgan fingerprint density at radius 1 is 1.50 bits per heavy atom. The van der Waals surface area contributed by atoms with Gasteiger partial charge in [-0.25, -0.2) is 4.79 Å². The molecule has 2 rings (SSSR count). The molecule has 1 saturated heterocycles. The van der Waals surface area contributed by atoms with Gasteiger partial charge in [-0.3, -0.25) is 4.79 Å². The van der Waals surface area contributed by atoms with Gasteiger partial charge < -0.3 is 10.0 Å². The number of aliphatic carboxylic acids is 1. The van der Waals surface area contributed by atoms with Crippen LogP contribution in [-0.2, 0) is 4.79 Å². The van der Waals surface area contributed by atoms with Crippen LogP contribution >= 0.6 is 46.0 Å². The summed E-state index contributed by atoms with van der Waals surface area (Å²) in [6.07, 6.45) is 0. The summed E-state index contributed by atoms with van der Waals surface area (Å²) in [5.74, 6) is -0.422. The Labute approximate surface area is 127 Å². The van der Waals surface area contributed by atoms with Gasteiger partial charge in [0.05, 0.1) is 10.9 Å². The Morgan fingerprint density at radius 2 is 2.22 bits per heavy atom. The second-order valence-corrected chi connectivity index (χ2v) is 6.33. The van der Waals surface area contributed by atoms with Crippen LogP contribution in [0.5, 0.6) is 0 Å². The lowest BCUT2D eigenvalue weighted by atomic mass is 10.2. The molecule has 7 heteroatoms. The summed E-state index contributed by atoms with van der Waals surface area (Å²) in [6, 6.07) is 4.24. The number of carboxylic acids is 1. The van der Waals surface area contributed by atoms with Crippen molar-refractivity contribution in [3.8, 4) is 0 Å². The van der Waals surface area contributed by atoms with Crippen molar-refractivity contribution in [2.45, 2.75) is 6.04 Å². The summed E-state index contributed by atoms with van der Waals surface area (Å²) >= 11 is 9.47. The third-order valence-corrected chi connectivity index (χ3v) is 5.18. The topological polar surface area (TPSA) is 57.6 Å². The van der Waals surface area contributed by atoms with E-state index in [1.807, 2.05) is 0 Å². The summed E-state index contributed by atoms with van der Waals surface area (Å²) in [5.41, 5.74) is 0.425. The van der Waals surface area contributed by atoms with Crippen LogP contribution in [-0.4, -0.2) is 39.6 Å². The lowest BCUT2D eigenvalue weighted by Crippen LogP contribution is -2.41. The minimum atomic E-state index is -0.968. The molecule has 1 atom stereocenters. The maximum absolute atomic E-state index is 12.2. The van der Waals surface area contributed by atoms with Crippen LogP contribution < -0.4 is 0 Å². The Hall–Kier alpha value is -0.470. The fourth-order valence-corrected chi connectivity index (χ4v) is 3.30. The number of halogens is 2. The van der Waals surface area contributed by atoms with Crippen molar-refractivity contribution < 1.29 is 14.7 Å². The zero-order valence-electron chi connectivity index (χ0n) is 9.10. The van der Waals surface area contributed by atoms with E-state index in [1.165, 1.54) is 16.7 Å². The molecule has 18 heavy (non-hydrogen) atoms. The Kier molecular flexibility index (Phi) is 4.39. The Balaban J connectivity index is 2.25. The van der Waals surface area contributed by atoms with Gasteiger partial charge in [-0.05, 0) is 40.8 Å². The maximum Gasteiger partial charge on any atom is 0.327 e. The molecule has 0 spiro atoms. The summed E-state index contributed by atoms with van der Waals surface area (Å²) in [7, 11) is 0.